The van der Waals surface area contributed by atoms with Crippen LogP contribution in [-0.4, -0.2) is 31.7 Å². The lowest BCUT2D eigenvalue weighted by molar-refractivity contribution is 0.102. The number of nitrogens with zero attached hydrogens (tertiary/aromatic N) is 1. The number of hydrogen-bond acceptors (Lipinski definition) is 3. The SMILES string of the molecule is CCN(CC)S(=O)(=O)c1ccc(C)c(C(=O)Nc2ccc(F)c(F)c2)c1. The average molecular weight is 382 g/mol. The molecule has 0 unspecified atom stereocenters. The van der Waals surface area contributed by atoms with Crippen LogP contribution in [0.15, 0.2) is 41.3 Å². The first-order valence-corrected chi connectivity index (χ1v) is 9.51. The molecule has 140 valence electrons. The van der Waals surface area contributed by atoms with Crippen LogP contribution < -0.4 is 5.32 Å². The molecule has 0 spiro atoms. The first kappa shape index (κ1) is 20.0. The summed E-state index contributed by atoms with van der Waals surface area (Å²) >= 11 is 0. The molecule has 0 saturated carbocycles. The van der Waals surface area contributed by atoms with Gasteiger partial charge in [-0.25, -0.2) is 17.2 Å². The molecule has 8 heteroatoms. The molecule has 0 aromatic heterocycles. The van der Waals surface area contributed by atoms with E-state index in [1.807, 2.05) is 0 Å². The fourth-order valence-corrected chi connectivity index (χ4v) is 3.98. The molecule has 2 rings (SSSR count). The standard InChI is InChI=1S/C18H20F2N2O3S/c1-4-22(5-2)26(24,25)14-8-6-12(3)15(11-14)18(23)21-13-7-9-16(19)17(20)10-13/h6-11H,4-5H2,1-3H3,(H,21,23). The van der Waals surface area contributed by atoms with Crippen molar-refractivity contribution in [2.45, 2.75) is 25.7 Å². The van der Waals surface area contributed by atoms with E-state index < -0.39 is 27.6 Å². The summed E-state index contributed by atoms with van der Waals surface area (Å²) < 4.78 is 52.8. The normalized spacial score (nSPS) is 11.6. The smallest absolute Gasteiger partial charge is 0.255 e. The summed E-state index contributed by atoms with van der Waals surface area (Å²) in [7, 11) is -3.72. The monoisotopic (exact) mass is 382 g/mol. The summed E-state index contributed by atoms with van der Waals surface area (Å²) in [6.45, 7) is 5.73. The molecule has 0 bridgehead atoms. The number of carbonyl (C=O) groups excluding carboxylic acids is 1. The van der Waals surface area contributed by atoms with Crippen molar-refractivity contribution in [1.29, 1.82) is 0 Å². The molecule has 0 atom stereocenters. The number of amides is 1. The Kier molecular flexibility index (Phi) is 6.09. The van der Waals surface area contributed by atoms with Crippen LogP contribution in [0, 0.1) is 18.6 Å². The van der Waals surface area contributed by atoms with E-state index in [2.05, 4.69) is 5.32 Å². The van der Waals surface area contributed by atoms with Crippen LogP contribution in [0.5, 0.6) is 0 Å². The Morgan fingerprint density at radius 2 is 1.69 bits per heavy atom. The number of hydrogen-bond donors (Lipinski definition) is 1. The first-order chi connectivity index (χ1) is 12.2. The van der Waals surface area contributed by atoms with Crippen LogP contribution in [0.4, 0.5) is 14.5 Å². The van der Waals surface area contributed by atoms with Gasteiger partial charge in [0.05, 0.1) is 4.90 Å². The number of rotatable bonds is 6. The number of halogens is 2. The van der Waals surface area contributed by atoms with Crippen molar-refractivity contribution < 1.29 is 22.0 Å². The highest BCUT2D eigenvalue weighted by Crippen LogP contribution is 2.21. The van der Waals surface area contributed by atoms with Crippen LogP contribution in [0.25, 0.3) is 0 Å². The second kappa shape index (κ2) is 7.92. The van der Waals surface area contributed by atoms with Gasteiger partial charge in [0.2, 0.25) is 10.0 Å². The van der Waals surface area contributed by atoms with Crippen molar-refractivity contribution in [3.63, 3.8) is 0 Å². The Morgan fingerprint density at radius 3 is 2.27 bits per heavy atom. The Hall–Kier alpha value is -2.32. The van der Waals surface area contributed by atoms with Gasteiger partial charge in [0.25, 0.3) is 5.91 Å². The van der Waals surface area contributed by atoms with Crippen molar-refractivity contribution in [2.24, 2.45) is 0 Å². The van der Waals surface area contributed by atoms with Gasteiger partial charge in [-0.2, -0.15) is 4.31 Å². The van der Waals surface area contributed by atoms with Crippen molar-refractivity contribution in [1.82, 2.24) is 4.31 Å². The number of carbonyl (C=O) groups is 1. The summed E-state index contributed by atoms with van der Waals surface area (Å²) in [6.07, 6.45) is 0. The molecule has 5 nitrogen and oxygen atoms in total. The second-order valence-corrected chi connectivity index (χ2v) is 7.59. The van der Waals surface area contributed by atoms with E-state index in [1.165, 1.54) is 28.6 Å². The number of anilines is 1. The minimum absolute atomic E-state index is 0.00207. The van der Waals surface area contributed by atoms with Gasteiger partial charge in [-0.1, -0.05) is 19.9 Å². The largest absolute Gasteiger partial charge is 0.322 e. The topological polar surface area (TPSA) is 66.5 Å². The third-order valence-electron chi connectivity index (χ3n) is 3.97. The van der Waals surface area contributed by atoms with E-state index in [1.54, 1.807) is 20.8 Å². The van der Waals surface area contributed by atoms with Crippen LogP contribution >= 0.6 is 0 Å². The molecule has 0 aliphatic heterocycles. The Bertz CT molecular complexity index is 926. The Balaban J connectivity index is 2.37. The van der Waals surface area contributed by atoms with Crippen LogP contribution in [0.2, 0.25) is 0 Å². The van der Waals surface area contributed by atoms with Crippen LogP contribution in [0.3, 0.4) is 0 Å². The van der Waals surface area contributed by atoms with Gasteiger partial charge in [0.1, 0.15) is 0 Å². The predicted octanol–water partition coefficient (Wildman–Crippen LogP) is 3.56. The lowest BCUT2D eigenvalue weighted by atomic mass is 10.1. The Morgan fingerprint density at radius 1 is 1.04 bits per heavy atom. The summed E-state index contributed by atoms with van der Waals surface area (Å²) in [5, 5.41) is 2.45. The summed E-state index contributed by atoms with van der Waals surface area (Å²) in [5.74, 6) is -2.71. The highest BCUT2D eigenvalue weighted by Gasteiger charge is 2.23. The van der Waals surface area contributed by atoms with E-state index in [9.17, 15) is 22.0 Å². The molecule has 26 heavy (non-hydrogen) atoms. The summed E-state index contributed by atoms with van der Waals surface area (Å²) in [5.41, 5.74) is 0.775. The van der Waals surface area contributed by atoms with Crippen molar-refractivity contribution in [3.8, 4) is 0 Å². The predicted molar refractivity (Wildman–Crippen MR) is 95.6 cm³/mol. The summed E-state index contributed by atoms with van der Waals surface area (Å²) in [4.78, 5) is 12.5. The molecule has 0 heterocycles. The van der Waals surface area contributed by atoms with Gasteiger partial charge >= 0.3 is 0 Å². The molecule has 1 N–H and O–H groups in total. The maximum Gasteiger partial charge on any atom is 0.255 e. The molecule has 0 saturated heterocycles. The fraction of sp³-hybridized carbons (Fsp3) is 0.278. The molecular weight excluding hydrogens is 362 g/mol. The summed E-state index contributed by atoms with van der Waals surface area (Å²) in [6, 6.07) is 7.26. The molecule has 0 radical (unpaired) electrons. The molecule has 0 aliphatic carbocycles. The third-order valence-corrected chi connectivity index (χ3v) is 6.02. The van der Waals surface area contributed by atoms with Gasteiger partial charge in [0.15, 0.2) is 11.6 Å². The zero-order valence-corrected chi connectivity index (χ0v) is 15.5. The molecule has 1 amide bonds. The quantitative estimate of drug-likeness (QED) is 0.831. The van der Waals surface area contributed by atoms with Gasteiger partial charge < -0.3 is 5.32 Å². The molecular formula is C18H20F2N2O3S. The number of benzene rings is 2. The zero-order valence-electron chi connectivity index (χ0n) is 14.7. The van der Waals surface area contributed by atoms with E-state index in [-0.39, 0.29) is 16.1 Å². The molecule has 2 aromatic rings. The van der Waals surface area contributed by atoms with Gasteiger partial charge in [-0.05, 0) is 36.8 Å². The van der Waals surface area contributed by atoms with Crippen molar-refractivity contribution in [2.75, 3.05) is 18.4 Å². The number of nitrogens with one attached hydrogen (secondary N) is 1. The minimum Gasteiger partial charge on any atom is -0.322 e. The molecule has 0 fully saturated rings. The van der Waals surface area contributed by atoms with Crippen molar-refractivity contribution >= 4 is 21.6 Å². The van der Waals surface area contributed by atoms with Crippen molar-refractivity contribution in [3.05, 3.63) is 59.2 Å². The zero-order chi connectivity index (χ0) is 19.5. The number of sulfonamides is 1. The lowest BCUT2D eigenvalue weighted by Crippen LogP contribution is -2.30. The highest BCUT2D eigenvalue weighted by molar-refractivity contribution is 7.89. The molecule has 2 aromatic carbocycles. The first-order valence-electron chi connectivity index (χ1n) is 8.07. The van der Waals surface area contributed by atoms with E-state index >= 15 is 0 Å². The lowest BCUT2D eigenvalue weighted by Gasteiger charge is -2.19. The second-order valence-electron chi connectivity index (χ2n) is 5.65. The van der Waals surface area contributed by atoms with Gasteiger partial charge in [0, 0.05) is 30.4 Å². The highest BCUT2D eigenvalue weighted by atomic mass is 32.2. The fourth-order valence-electron chi connectivity index (χ4n) is 2.49. The number of aryl methyl sites for hydroxylation is 1. The Labute approximate surface area is 151 Å². The van der Waals surface area contributed by atoms with E-state index in [0.29, 0.717) is 18.7 Å². The van der Waals surface area contributed by atoms with Crippen LogP contribution in [-0.2, 0) is 10.0 Å². The average Bonchev–Trinajstić information content (AvgIpc) is 2.59. The maximum absolute atomic E-state index is 13.3. The van der Waals surface area contributed by atoms with Gasteiger partial charge in [-0.15, -0.1) is 0 Å². The molecule has 0 aliphatic rings. The maximum atomic E-state index is 13.3. The van der Waals surface area contributed by atoms with Crippen LogP contribution in [0.1, 0.15) is 29.8 Å². The van der Waals surface area contributed by atoms with E-state index in [0.717, 1.165) is 12.1 Å². The van der Waals surface area contributed by atoms with Gasteiger partial charge in [-0.3, -0.25) is 4.79 Å². The minimum atomic E-state index is -3.72. The third kappa shape index (κ3) is 4.08. The van der Waals surface area contributed by atoms with E-state index in [4.69, 9.17) is 0 Å².